The van der Waals surface area contributed by atoms with E-state index in [0.29, 0.717) is 0 Å². The molecule has 2 rings (SSSR count). The third kappa shape index (κ3) is 2.33. The molecule has 1 N–H and O–H groups in total. The monoisotopic (exact) mass is 236 g/mol. The lowest BCUT2D eigenvalue weighted by atomic mass is 10.1. The second-order valence-corrected chi connectivity index (χ2v) is 4.45. The van der Waals surface area contributed by atoms with Crippen molar-refractivity contribution in [2.75, 3.05) is 20.2 Å². The van der Waals surface area contributed by atoms with Gasteiger partial charge in [-0.1, -0.05) is 6.92 Å². The highest BCUT2D eigenvalue weighted by Gasteiger charge is 2.06. The smallest absolute Gasteiger partial charge is 0.137 e. The van der Waals surface area contributed by atoms with Crippen LogP contribution in [0.2, 0.25) is 0 Å². The zero-order chi connectivity index (χ0) is 11.4. The minimum absolute atomic E-state index is 0.829. The maximum Gasteiger partial charge on any atom is 0.137 e. The summed E-state index contributed by atoms with van der Waals surface area (Å²) < 4.78 is 5.20. The van der Waals surface area contributed by atoms with Gasteiger partial charge in [0, 0.05) is 5.39 Å². The predicted molar refractivity (Wildman–Crippen MR) is 68.4 cm³/mol. The van der Waals surface area contributed by atoms with Crippen LogP contribution >= 0.6 is 11.3 Å². The van der Waals surface area contributed by atoms with Gasteiger partial charge >= 0.3 is 0 Å². The third-order valence-electron chi connectivity index (χ3n) is 2.54. The van der Waals surface area contributed by atoms with Gasteiger partial charge in [0.15, 0.2) is 0 Å². The van der Waals surface area contributed by atoms with Gasteiger partial charge in [0.2, 0.25) is 0 Å². The number of likely N-dealkylation sites (N-methyl/N-ethyl adjacent to an activating group) is 1. The van der Waals surface area contributed by atoms with Crippen molar-refractivity contribution in [1.29, 1.82) is 0 Å². The molecular weight excluding hydrogens is 220 g/mol. The van der Waals surface area contributed by atoms with Crippen molar-refractivity contribution in [3.8, 4) is 5.75 Å². The van der Waals surface area contributed by atoms with Crippen molar-refractivity contribution < 1.29 is 4.74 Å². The van der Waals surface area contributed by atoms with Crippen LogP contribution in [0.5, 0.6) is 5.75 Å². The number of methoxy groups -OCH3 is 1. The number of hydrogen-bond donors (Lipinski definition) is 1. The van der Waals surface area contributed by atoms with Gasteiger partial charge in [-0.2, -0.15) is 0 Å². The molecule has 86 valence electrons. The van der Waals surface area contributed by atoms with Crippen LogP contribution in [0.3, 0.4) is 0 Å². The summed E-state index contributed by atoms with van der Waals surface area (Å²) in [7, 11) is 1.67. The maximum absolute atomic E-state index is 5.20. The van der Waals surface area contributed by atoms with Gasteiger partial charge < -0.3 is 10.1 Å². The zero-order valence-electron chi connectivity index (χ0n) is 9.62. The molecule has 0 saturated carbocycles. The number of nitrogens with zero attached hydrogens (tertiary/aromatic N) is 1. The summed E-state index contributed by atoms with van der Waals surface area (Å²) in [4.78, 5) is 5.46. The Kier molecular flexibility index (Phi) is 3.74. The average molecular weight is 236 g/mol. The highest BCUT2D eigenvalue weighted by atomic mass is 32.1. The standard InChI is InChI=1S/C12H16N2OS/c1-3-13-5-4-9-8-16-12-11(9)6-10(15-2)7-14-12/h6-8,13H,3-5H2,1-2H3. The molecule has 0 unspecified atom stereocenters. The molecule has 0 aliphatic rings. The van der Waals surface area contributed by atoms with Crippen LogP contribution in [-0.2, 0) is 6.42 Å². The van der Waals surface area contributed by atoms with E-state index in [1.165, 1.54) is 10.9 Å². The van der Waals surface area contributed by atoms with E-state index in [0.717, 1.165) is 30.1 Å². The molecule has 4 heteroatoms. The number of fused-ring (bicyclic) bond motifs is 1. The molecule has 0 saturated heterocycles. The molecule has 0 bridgehead atoms. The molecule has 0 spiro atoms. The molecule has 2 aromatic rings. The van der Waals surface area contributed by atoms with Gasteiger partial charge in [-0.05, 0) is 36.5 Å². The van der Waals surface area contributed by atoms with E-state index in [-0.39, 0.29) is 0 Å². The van der Waals surface area contributed by atoms with Crippen molar-refractivity contribution in [3.63, 3.8) is 0 Å². The summed E-state index contributed by atoms with van der Waals surface area (Å²) in [6, 6.07) is 2.07. The van der Waals surface area contributed by atoms with E-state index < -0.39 is 0 Å². The summed E-state index contributed by atoms with van der Waals surface area (Å²) in [6.07, 6.45) is 2.82. The Bertz CT molecular complexity index is 467. The SMILES string of the molecule is CCNCCc1csc2ncc(OC)cc12. The van der Waals surface area contributed by atoms with Crippen molar-refractivity contribution in [2.45, 2.75) is 13.3 Å². The lowest BCUT2D eigenvalue weighted by molar-refractivity contribution is 0.414. The topological polar surface area (TPSA) is 34.2 Å². The quantitative estimate of drug-likeness (QED) is 0.810. The van der Waals surface area contributed by atoms with Gasteiger partial charge in [-0.3, -0.25) is 0 Å². The summed E-state index contributed by atoms with van der Waals surface area (Å²) in [5.41, 5.74) is 1.35. The first-order chi connectivity index (χ1) is 7.85. The molecule has 2 aromatic heterocycles. The van der Waals surface area contributed by atoms with Crippen molar-refractivity contribution in [1.82, 2.24) is 10.3 Å². The highest BCUT2D eigenvalue weighted by molar-refractivity contribution is 7.16. The van der Waals surface area contributed by atoms with Gasteiger partial charge in [0.1, 0.15) is 10.6 Å². The van der Waals surface area contributed by atoms with Crippen LogP contribution in [-0.4, -0.2) is 25.2 Å². The lowest BCUT2D eigenvalue weighted by Crippen LogP contribution is -2.15. The number of aromatic nitrogens is 1. The normalized spacial score (nSPS) is 10.9. The molecule has 0 fully saturated rings. The zero-order valence-corrected chi connectivity index (χ0v) is 10.4. The summed E-state index contributed by atoms with van der Waals surface area (Å²) in [5.74, 6) is 0.829. The first-order valence-corrected chi connectivity index (χ1v) is 6.34. The van der Waals surface area contributed by atoms with Crippen LogP contribution in [0.4, 0.5) is 0 Å². The van der Waals surface area contributed by atoms with Crippen molar-refractivity contribution in [2.24, 2.45) is 0 Å². The Balaban J connectivity index is 2.24. The largest absolute Gasteiger partial charge is 0.495 e. The Morgan fingerprint density at radius 3 is 3.12 bits per heavy atom. The van der Waals surface area contributed by atoms with Gasteiger partial charge in [0.05, 0.1) is 13.3 Å². The predicted octanol–water partition coefficient (Wildman–Crippen LogP) is 2.46. The summed E-state index contributed by atoms with van der Waals surface area (Å²) >= 11 is 1.70. The Morgan fingerprint density at radius 2 is 2.38 bits per heavy atom. The fourth-order valence-electron chi connectivity index (χ4n) is 1.65. The van der Waals surface area contributed by atoms with Crippen molar-refractivity contribution in [3.05, 3.63) is 23.2 Å². The van der Waals surface area contributed by atoms with E-state index in [1.54, 1.807) is 24.6 Å². The fourth-order valence-corrected chi connectivity index (χ4v) is 2.58. The van der Waals surface area contributed by atoms with Crippen LogP contribution in [0, 0.1) is 0 Å². The van der Waals surface area contributed by atoms with Gasteiger partial charge in [0.25, 0.3) is 0 Å². The number of nitrogens with one attached hydrogen (secondary N) is 1. The number of ether oxygens (including phenoxy) is 1. The first-order valence-electron chi connectivity index (χ1n) is 5.46. The second kappa shape index (κ2) is 5.27. The molecule has 0 aromatic carbocycles. The maximum atomic E-state index is 5.20. The minimum Gasteiger partial charge on any atom is -0.495 e. The molecular formula is C12H16N2OS. The van der Waals surface area contributed by atoms with Crippen LogP contribution in [0.15, 0.2) is 17.6 Å². The average Bonchev–Trinajstić information content (AvgIpc) is 2.72. The molecule has 2 heterocycles. The van der Waals surface area contributed by atoms with Crippen LogP contribution in [0.1, 0.15) is 12.5 Å². The van der Waals surface area contributed by atoms with E-state index in [2.05, 4.69) is 28.7 Å². The summed E-state index contributed by atoms with van der Waals surface area (Å²) in [5, 5.41) is 6.75. The number of rotatable bonds is 5. The number of hydrogen-bond acceptors (Lipinski definition) is 4. The van der Waals surface area contributed by atoms with E-state index in [9.17, 15) is 0 Å². The molecule has 0 aliphatic carbocycles. The highest BCUT2D eigenvalue weighted by Crippen LogP contribution is 2.27. The van der Waals surface area contributed by atoms with E-state index in [1.807, 2.05) is 0 Å². The molecule has 0 aliphatic heterocycles. The van der Waals surface area contributed by atoms with E-state index >= 15 is 0 Å². The lowest BCUT2D eigenvalue weighted by Gasteiger charge is -2.02. The number of pyridine rings is 1. The molecule has 0 atom stereocenters. The molecule has 0 radical (unpaired) electrons. The molecule has 0 amide bonds. The minimum atomic E-state index is 0.829. The fraction of sp³-hybridized carbons (Fsp3) is 0.417. The summed E-state index contributed by atoms with van der Waals surface area (Å²) in [6.45, 7) is 4.15. The second-order valence-electron chi connectivity index (χ2n) is 3.59. The number of thiophene rings is 1. The molecule has 16 heavy (non-hydrogen) atoms. The van der Waals surface area contributed by atoms with Crippen LogP contribution in [0.25, 0.3) is 10.2 Å². The van der Waals surface area contributed by atoms with Gasteiger partial charge in [-0.15, -0.1) is 11.3 Å². The first kappa shape index (κ1) is 11.4. The Hall–Kier alpha value is -1.13. The molecule has 3 nitrogen and oxygen atoms in total. The van der Waals surface area contributed by atoms with E-state index in [4.69, 9.17) is 4.74 Å². The Morgan fingerprint density at radius 1 is 1.50 bits per heavy atom. The van der Waals surface area contributed by atoms with Gasteiger partial charge in [-0.25, -0.2) is 4.98 Å². The Labute approximate surface area is 99.5 Å². The third-order valence-corrected chi connectivity index (χ3v) is 3.49. The van der Waals surface area contributed by atoms with Crippen LogP contribution < -0.4 is 10.1 Å². The van der Waals surface area contributed by atoms with Crippen molar-refractivity contribution >= 4 is 21.6 Å².